The van der Waals surface area contributed by atoms with Crippen LogP contribution in [0.3, 0.4) is 0 Å². The smallest absolute Gasteiger partial charge is 0.163 e. The fraction of sp³-hybridized carbons (Fsp3) is 0.625. The molecule has 5 heteroatoms. The summed E-state index contributed by atoms with van der Waals surface area (Å²) in [6, 6.07) is 4.26. The van der Waals surface area contributed by atoms with Crippen LogP contribution in [0.15, 0.2) is 12.1 Å². The summed E-state index contributed by atoms with van der Waals surface area (Å²) in [5.41, 5.74) is 7.89. The molecule has 0 bridgehead atoms. The summed E-state index contributed by atoms with van der Waals surface area (Å²) in [6.45, 7) is 7.01. The van der Waals surface area contributed by atoms with Gasteiger partial charge < -0.3 is 20.3 Å². The second kappa shape index (κ2) is 7.52. The van der Waals surface area contributed by atoms with Crippen LogP contribution in [0.4, 0.5) is 5.69 Å². The highest BCUT2D eigenvalue weighted by atomic mass is 16.6. The Kier molecular flexibility index (Phi) is 5.70. The van der Waals surface area contributed by atoms with Gasteiger partial charge in [-0.3, -0.25) is 4.90 Å². The van der Waals surface area contributed by atoms with E-state index in [0.29, 0.717) is 31.5 Å². The predicted octanol–water partition coefficient (Wildman–Crippen LogP) is 2.02. The van der Waals surface area contributed by atoms with Crippen LogP contribution in [0.1, 0.15) is 32.3 Å². The zero-order valence-corrected chi connectivity index (χ0v) is 13.0. The molecule has 2 rings (SSSR count). The molecule has 0 unspecified atom stereocenters. The number of hydrogen-bond donors (Lipinski definition) is 2. The SMILES string of the molecule is CCC(CC)N(CCO)Cc1cc2c(cc1N)OCCO2. The van der Waals surface area contributed by atoms with E-state index < -0.39 is 0 Å². The Morgan fingerprint density at radius 2 is 1.81 bits per heavy atom. The van der Waals surface area contributed by atoms with E-state index in [0.717, 1.165) is 36.4 Å². The summed E-state index contributed by atoms with van der Waals surface area (Å²) >= 11 is 0. The third-order valence-electron chi connectivity index (χ3n) is 4.02. The van der Waals surface area contributed by atoms with Gasteiger partial charge in [-0.15, -0.1) is 0 Å². The van der Waals surface area contributed by atoms with Crippen molar-refractivity contribution in [3.8, 4) is 11.5 Å². The second-order valence-corrected chi connectivity index (χ2v) is 5.36. The second-order valence-electron chi connectivity index (χ2n) is 5.36. The van der Waals surface area contributed by atoms with Crippen LogP contribution in [-0.4, -0.2) is 42.4 Å². The first kappa shape index (κ1) is 15.9. The topological polar surface area (TPSA) is 68.0 Å². The van der Waals surface area contributed by atoms with Crippen molar-refractivity contribution >= 4 is 5.69 Å². The van der Waals surface area contributed by atoms with Crippen molar-refractivity contribution in [2.75, 3.05) is 32.1 Å². The van der Waals surface area contributed by atoms with Gasteiger partial charge in [0.25, 0.3) is 0 Å². The van der Waals surface area contributed by atoms with E-state index in [2.05, 4.69) is 18.7 Å². The van der Waals surface area contributed by atoms with E-state index >= 15 is 0 Å². The third-order valence-corrected chi connectivity index (χ3v) is 4.02. The van der Waals surface area contributed by atoms with Gasteiger partial charge in [-0.1, -0.05) is 13.8 Å². The number of aliphatic hydroxyl groups excluding tert-OH is 1. The highest BCUT2D eigenvalue weighted by Crippen LogP contribution is 2.35. The maximum Gasteiger partial charge on any atom is 0.163 e. The normalized spacial score (nSPS) is 14.0. The van der Waals surface area contributed by atoms with Gasteiger partial charge in [-0.05, 0) is 24.5 Å². The number of benzene rings is 1. The number of ether oxygens (including phenoxy) is 2. The molecule has 0 aromatic heterocycles. The number of rotatable bonds is 7. The Labute approximate surface area is 126 Å². The van der Waals surface area contributed by atoms with Gasteiger partial charge >= 0.3 is 0 Å². The molecule has 0 aliphatic carbocycles. The van der Waals surface area contributed by atoms with Crippen molar-refractivity contribution < 1.29 is 14.6 Å². The van der Waals surface area contributed by atoms with Crippen LogP contribution < -0.4 is 15.2 Å². The van der Waals surface area contributed by atoms with E-state index in [1.165, 1.54) is 0 Å². The molecule has 1 aromatic rings. The van der Waals surface area contributed by atoms with Crippen molar-refractivity contribution in [1.82, 2.24) is 4.90 Å². The summed E-state index contributed by atoms with van der Waals surface area (Å²) in [5.74, 6) is 1.48. The molecule has 0 spiro atoms. The summed E-state index contributed by atoms with van der Waals surface area (Å²) in [6.07, 6.45) is 2.11. The Hall–Kier alpha value is -1.46. The van der Waals surface area contributed by atoms with Crippen molar-refractivity contribution in [3.63, 3.8) is 0 Å². The average molecular weight is 294 g/mol. The molecular weight excluding hydrogens is 268 g/mol. The standard InChI is InChI=1S/C16H26N2O3/c1-3-13(4-2)18(5-6-19)11-12-9-15-16(10-14(12)17)21-8-7-20-15/h9-10,13,19H,3-8,11,17H2,1-2H3. The van der Waals surface area contributed by atoms with Crippen LogP contribution in [0.2, 0.25) is 0 Å². The minimum atomic E-state index is 0.154. The Morgan fingerprint density at radius 1 is 1.19 bits per heavy atom. The number of nitrogen functional groups attached to an aromatic ring is 1. The Morgan fingerprint density at radius 3 is 2.38 bits per heavy atom. The molecule has 118 valence electrons. The van der Waals surface area contributed by atoms with Crippen molar-refractivity contribution in [2.24, 2.45) is 0 Å². The quantitative estimate of drug-likeness (QED) is 0.753. The molecular formula is C16H26N2O3. The number of nitrogens with zero attached hydrogens (tertiary/aromatic N) is 1. The molecule has 0 radical (unpaired) electrons. The molecule has 1 aliphatic rings. The fourth-order valence-electron chi connectivity index (χ4n) is 2.83. The fourth-order valence-corrected chi connectivity index (χ4v) is 2.83. The first-order valence-electron chi connectivity index (χ1n) is 7.72. The van der Waals surface area contributed by atoms with Crippen molar-refractivity contribution in [1.29, 1.82) is 0 Å². The summed E-state index contributed by atoms with van der Waals surface area (Å²) in [5, 5.41) is 9.30. The molecule has 1 heterocycles. The van der Waals surface area contributed by atoms with Gasteiger partial charge in [0.2, 0.25) is 0 Å². The van der Waals surface area contributed by atoms with Crippen molar-refractivity contribution in [3.05, 3.63) is 17.7 Å². The lowest BCUT2D eigenvalue weighted by atomic mass is 10.1. The summed E-state index contributed by atoms with van der Waals surface area (Å²) < 4.78 is 11.2. The highest BCUT2D eigenvalue weighted by molar-refractivity contribution is 5.58. The van der Waals surface area contributed by atoms with E-state index in [-0.39, 0.29) is 6.61 Å². The van der Waals surface area contributed by atoms with E-state index in [1.54, 1.807) is 0 Å². The molecule has 0 saturated carbocycles. The monoisotopic (exact) mass is 294 g/mol. The minimum Gasteiger partial charge on any atom is -0.486 e. The first-order valence-corrected chi connectivity index (χ1v) is 7.72. The van der Waals surface area contributed by atoms with Crippen LogP contribution in [0.5, 0.6) is 11.5 Å². The summed E-state index contributed by atoms with van der Waals surface area (Å²) in [7, 11) is 0. The largest absolute Gasteiger partial charge is 0.486 e. The lowest BCUT2D eigenvalue weighted by molar-refractivity contribution is 0.136. The van der Waals surface area contributed by atoms with Crippen LogP contribution in [0.25, 0.3) is 0 Å². The zero-order valence-electron chi connectivity index (χ0n) is 13.0. The lowest BCUT2D eigenvalue weighted by Gasteiger charge is -2.30. The molecule has 21 heavy (non-hydrogen) atoms. The van der Waals surface area contributed by atoms with Crippen LogP contribution in [-0.2, 0) is 6.54 Å². The highest BCUT2D eigenvalue weighted by Gasteiger charge is 2.19. The molecule has 0 saturated heterocycles. The molecule has 0 atom stereocenters. The van der Waals surface area contributed by atoms with Crippen LogP contribution >= 0.6 is 0 Å². The molecule has 1 aliphatic heterocycles. The van der Waals surface area contributed by atoms with Gasteiger partial charge in [0.05, 0.1) is 6.61 Å². The van der Waals surface area contributed by atoms with Crippen molar-refractivity contribution in [2.45, 2.75) is 39.3 Å². The molecule has 5 nitrogen and oxygen atoms in total. The molecule has 0 amide bonds. The first-order chi connectivity index (χ1) is 10.2. The van der Waals surface area contributed by atoms with Crippen LogP contribution in [0, 0.1) is 0 Å². The van der Waals surface area contributed by atoms with E-state index in [4.69, 9.17) is 15.2 Å². The van der Waals surface area contributed by atoms with Gasteiger partial charge in [0.15, 0.2) is 11.5 Å². The number of fused-ring (bicyclic) bond motifs is 1. The maximum atomic E-state index is 9.30. The number of anilines is 1. The predicted molar refractivity (Wildman–Crippen MR) is 83.7 cm³/mol. The Balaban J connectivity index is 2.19. The lowest BCUT2D eigenvalue weighted by Crippen LogP contribution is -2.36. The summed E-state index contributed by atoms with van der Waals surface area (Å²) in [4.78, 5) is 2.28. The van der Waals surface area contributed by atoms with E-state index in [9.17, 15) is 5.11 Å². The molecule has 3 N–H and O–H groups in total. The van der Waals surface area contributed by atoms with Gasteiger partial charge in [0.1, 0.15) is 13.2 Å². The maximum absolute atomic E-state index is 9.30. The zero-order chi connectivity index (χ0) is 15.2. The number of aliphatic hydroxyl groups is 1. The minimum absolute atomic E-state index is 0.154. The number of nitrogens with two attached hydrogens (primary N) is 1. The Bertz CT molecular complexity index is 461. The molecule has 1 aromatic carbocycles. The van der Waals surface area contributed by atoms with Gasteiger partial charge in [-0.25, -0.2) is 0 Å². The third kappa shape index (κ3) is 3.80. The van der Waals surface area contributed by atoms with E-state index in [1.807, 2.05) is 12.1 Å². The molecule has 0 fully saturated rings. The number of hydrogen-bond acceptors (Lipinski definition) is 5. The van der Waals surface area contributed by atoms with Gasteiger partial charge in [0, 0.05) is 30.9 Å². The van der Waals surface area contributed by atoms with Gasteiger partial charge in [-0.2, -0.15) is 0 Å². The average Bonchev–Trinajstić information content (AvgIpc) is 2.49.